The Labute approximate surface area is 157 Å². The summed E-state index contributed by atoms with van der Waals surface area (Å²) in [6.45, 7) is 3.57. The molecule has 2 rings (SSSR count). The minimum atomic E-state index is -0.742. The van der Waals surface area contributed by atoms with Gasteiger partial charge in [-0.25, -0.2) is 14.0 Å². The first-order chi connectivity index (χ1) is 13.0. The molecule has 0 heterocycles. The van der Waals surface area contributed by atoms with Crippen LogP contribution in [-0.4, -0.2) is 25.2 Å². The highest BCUT2D eigenvalue weighted by molar-refractivity contribution is 6.04. The van der Waals surface area contributed by atoms with Crippen molar-refractivity contribution in [2.45, 2.75) is 13.8 Å². The molecule has 2 aromatic carbocycles. The van der Waals surface area contributed by atoms with Crippen molar-refractivity contribution in [2.75, 3.05) is 23.8 Å². The summed E-state index contributed by atoms with van der Waals surface area (Å²) >= 11 is 0. The molecule has 0 aromatic heterocycles. The van der Waals surface area contributed by atoms with Crippen LogP contribution in [0.25, 0.3) is 0 Å². The second-order valence-electron chi connectivity index (χ2n) is 5.31. The van der Waals surface area contributed by atoms with E-state index in [9.17, 15) is 14.0 Å². The van der Waals surface area contributed by atoms with E-state index in [2.05, 4.69) is 10.6 Å². The molecule has 7 heteroatoms. The van der Waals surface area contributed by atoms with Crippen LogP contribution in [-0.2, 0) is 19.1 Å². The van der Waals surface area contributed by atoms with Crippen LogP contribution in [0.1, 0.15) is 13.8 Å². The zero-order chi connectivity index (χ0) is 19.6. The highest BCUT2D eigenvalue weighted by Crippen LogP contribution is 2.18. The van der Waals surface area contributed by atoms with Crippen LogP contribution >= 0.6 is 0 Å². The topological polar surface area (TPSA) is 76.7 Å². The van der Waals surface area contributed by atoms with E-state index in [0.717, 1.165) is 0 Å². The molecule has 0 atom stereocenters. The lowest BCUT2D eigenvalue weighted by atomic mass is 10.2. The third-order valence-electron chi connectivity index (χ3n) is 3.37. The molecule has 0 unspecified atom stereocenters. The standard InChI is InChI=1S/C20H21FN2O4/c1-3-26-19(24)17(22-15-8-6-5-7-9-15)18(20(25)27-4-2)23-16-12-10-14(21)11-13-16/h5-13,22-23H,3-4H2,1-2H3/b18-17-. The van der Waals surface area contributed by atoms with Crippen LogP contribution in [0.5, 0.6) is 0 Å². The van der Waals surface area contributed by atoms with E-state index in [0.29, 0.717) is 11.4 Å². The monoisotopic (exact) mass is 372 g/mol. The molecular weight excluding hydrogens is 351 g/mol. The van der Waals surface area contributed by atoms with Gasteiger partial charge in [-0.15, -0.1) is 0 Å². The number of anilines is 2. The van der Waals surface area contributed by atoms with Crippen molar-refractivity contribution >= 4 is 23.3 Å². The molecule has 6 nitrogen and oxygen atoms in total. The molecule has 0 saturated carbocycles. The van der Waals surface area contributed by atoms with Crippen LogP contribution in [0, 0.1) is 5.82 Å². The van der Waals surface area contributed by atoms with Gasteiger partial charge in [0.25, 0.3) is 0 Å². The van der Waals surface area contributed by atoms with Crippen molar-refractivity contribution in [1.82, 2.24) is 0 Å². The number of ether oxygens (including phenoxy) is 2. The largest absolute Gasteiger partial charge is 0.461 e. The molecule has 0 fully saturated rings. The molecule has 2 N–H and O–H groups in total. The van der Waals surface area contributed by atoms with Crippen LogP contribution < -0.4 is 10.6 Å². The fourth-order valence-electron chi connectivity index (χ4n) is 2.18. The van der Waals surface area contributed by atoms with Gasteiger partial charge in [-0.2, -0.15) is 0 Å². The summed E-state index contributed by atoms with van der Waals surface area (Å²) in [6.07, 6.45) is 0. The van der Waals surface area contributed by atoms with Gasteiger partial charge in [-0.05, 0) is 50.2 Å². The van der Waals surface area contributed by atoms with E-state index in [1.165, 1.54) is 24.3 Å². The van der Waals surface area contributed by atoms with Gasteiger partial charge in [-0.3, -0.25) is 0 Å². The molecule has 0 saturated heterocycles. The molecule has 0 radical (unpaired) electrons. The minimum Gasteiger partial charge on any atom is -0.461 e. The van der Waals surface area contributed by atoms with Gasteiger partial charge < -0.3 is 20.1 Å². The van der Waals surface area contributed by atoms with E-state index in [4.69, 9.17) is 9.47 Å². The molecule has 0 amide bonds. The molecular formula is C20H21FN2O4. The normalized spacial score (nSPS) is 11.2. The fourth-order valence-corrected chi connectivity index (χ4v) is 2.18. The Balaban J connectivity index is 2.48. The zero-order valence-corrected chi connectivity index (χ0v) is 15.1. The molecule has 0 aliphatic carbocycles. The van der Waals surface area contributed by atoms with Crippen LogP contribution in [0.15, 0.2) is 66.0 Å². The van der Waals surface area contributed by atoms with Gasteiger partial charge in [-0.1, -0.05) is 18.2 Å². The number of para-hydroxylation sites is 1. The van der Waals surface area contributed by atoms with Crippen LogP contribution in [0.4, 0.5) is 15.8 Å². The number of nitrogens with one attached hydrogen (secondary N) is 2. The summed E-state index contributed by atoms with van der Waals surface area (Å²) in [4.78, 5) is 25.0. The lowest BCUT2D eigenvalue weighted by Gasteiger charge is -2.17. The van der Waals surface area contributed by atoms with Gasteiger partial charge in [0.15, 0.2) is 11.4 Å². The lowest BCUT2D eigenvalue weighted by Crippen LogP contribution is -2.25. The van der Waals surface area contributed by atoms with Crippen LogP contribution in [0.3, 0.4) is 0 Å². The Hall–Kier alpha value is -3.35. The SMILES string of the molecule is CCOC(=O)/C(Nc1ccccc1)=C(/Nc1ccc(F)cc1)C(=O)OCC. The third kappa shape index (κ3) is 5.85. The van der Waals surface area contributed by atoms with Crippen molar-refractivity contribution in [2.24, 2.45) is 0 Å². The summed E-state index contributed by atoms with van der Waals surface area (Å²) in [5.74, 6) is -1.89. The Bertz CT molecular complexity index is 804. The molecule has 0 bridgehead atoms. The van der Waals surface area contributed by atoms with Crippen molar-refractivity contribution in [3.05, 3.63) is 71.8 Å². The first-order valence-corrected chi connectivity index (χ1v) is 8.48. The van der Waals surface area contributed by atoms with Crippen LogP contribution in [0.2, 0.25) is 0 Å². The predicted octanol–water partition coefficient (Wildman–Crippen LogP) is 3.69. The van der Waals surface area contributed by atoms with Crippen molar-refractivity contribution < 1.29 is 23.5 Å². The molecule has 0 aliphatic heterocycles. The van der Waals surface area contributed by atoms with Gasteiger partial charge >= 0.3 is 11.9 Å². The summed E-state index contributed by atoms with van der Waals surface area (Å²) in [5, 5.41) is 5.73. The Morgan fingerprint density at radius 1 is 0.778 bits per heavy atom. The molecule has 142 valence electrons. The quantitative estimate of drug-likeness (QED) is 0.544. The maximum absolute atomic E-state index is 13.2. The Morgan fingerprint density at radius 2 is 1.22 bits per heavy atom. The first-order valence-electron chi connectivity index (χ1n) is 8.48. The summed E-state index contributed by atoms with van der Waals surface area (Å²) < 4.78 is 23.3. The van der Waals surface area contributed by atoms with Gasteiger partial charge in [0.1, 0.15) is 5.82 Å². The highest BCUT2D eigenvalue weighted by atomic mass is 19.1. The maximum Gasteiger partial charge on any atom is 0.357 e. The lowest BCUT2D eigenvalue weighted by molar-refractivity contribution is -0.141. The second-order valence-corrected chi connectivity index (χ2v) is 5.31. The molecule has 0 aliphatic rings. The number of hydrogen-bond acceptors (Lipinski definition) is 6. The number of hydrogen-bond donors (Lipinski definition) is 2. The molecule has 0 spiro atoms. The van der Waals surface area contributed by atoms with Crippen molar-refractivity contribution in [1.29, 1.82) is 0 Å². The van der Waals surface area contributed by atoms with E-state index >= 15 is 0 Å². The minimum absolute atomic E-state index is 0.106. The van der Waals surface area contributed by atoms with E-state index in [1.54, 1.807) is 38.1 Å². The van der Waals surface area contributed by atoms with Crippen molar-refractivity contribution in [3.63, 3.8) is 0 Å². The highest BCUT2D eigenvalue weighted by Gasteiger charge is 2.24. The number of carbonyl (C=O) groups is 2. The average molecular weight is 372 g/mol. The summed E-state index contributed by atoms with van der Waals surface area (Å²) in [6, 6.07) is 14.2. The summed E-state index contributed by atoms with van der Waals surface area (Å²) in [7, 11) is 0. The number of esters is 2. The second kappa shape index (κ2) is 9.96. The van der Waals surface area contributed by atoms with Gasteiger partial charge in [0, 0.05) is 11.4 Å². The Kier molecular flexibility index (Phi) is 7.37. The Morgan fingerprint density at radius 3 is 1.67 bits per heavy atom. The smallest absolute Gasteiger partial charge is 0.357 e. The maximum atomic E-state index is 13.2. The summed E-state index contributed by atoms with van der Waals surface area (Å²) in [5.41, 5.74) is 0.760. The van der Waals surface area contributed by atoms with E-state index in [1.807, 2.05) is 6.07 Å². The van der Waals surface area contributed by atoms with E-state index < -0.39 is 17.8 Å². The number of benzene rings is 2. The number of carbonyl (C=O) groups excluding carboxylic acids is 2. The average Bonchev–Trinajstić information content (AvgIpc) is 2.67. The number of halogens is 1. The third-order valence-corrected chi connectivity index (χ3v) is 3.37. The van der Waals surface area contributed by atoms with Gasteiger partial charge in [0.05, 0.1) is 13.2 Å². The number of rotatable bonds is 8. The molecule has 2 aromatic rings. The fraction of sp³-hybridized carbons (Fsp3) is 0.200. The first kappa shape index (κ1) is 20.0. The van der Waals surface area contributed by atoms with Gasteiger partial charge in [0.2, 0.25) is 0 Å². The zero-order valence-electron chi connectivity index (χ0n) is 15.1. The van der Waals surface area contributed by atoms with E-state index in [-0.39, 0.29) is 24.6 Å². The molecule has 27 heavy (non-hydrogen) atoms. The predicted molar refractivity (Wildman–Crippen MR) is 100 cm³/mol. The van der Waals surface area contributed by atoms with Crippen molar-refractivity contribution in [3.8, 4) is 0 Å².